The number of carboxylic acid groups (broad SMARTS) is 1. The average Bonchev–Trinajstić information content (AvgIpc) is 3.05. The molecule has 0 aliphatic heterocycles. The fourth-order valence-corrected chi connectivity index (χ4v) is 2.87. The Balaban J connectivity index is 1.76. The third-order valence-corrected chi connectivity index (χ3v) is 4.57. The van der Waals surface area contributed by atoms with E-state index in [0.29, 0.717) is 22.2 Å². The van der Waals surface area contributed by atoms with Crippen molar-refractivity contribution in [2.75, 3.05) is 0 Å². The largest absolute Gasteiger partial charge is 0.475 e. The number of benzene rings is 1. The van der Waals surface area contributed by atoms with E-state index < -0.39 is 5.97 Å². The number of aromatic nitrogens is 3. The van der Waals surface area contributed by atoms with Crippen molar-refractivity contribution < 1.29 is 14.3 Å². The number of aryl methyl sites for hydroxylation is 2. The molecule has 8 heteroatoms. The second kappa shape index (κ2) is 6.94. The van der Waals surface area contributed by atoms with Crippen molar-refractivity contribution in [1.82, 2.24) is 15.2 Å². The van der Waals surface area contributed by atoms with Crippen LogP contribution < -0.4 is 5.56 Å². The third-order valence-electron chi connectivity index (χ3n) is 3.68. The van der Waals surface area contributed by atoms with Gasteiger partial charge in [-0.15, -0.1) is 10.2 Å². The first-order valence-electron chi connectivity index (χ1n) is 7.43. The molecule has 0 saturated carbocycles. The normalized spacial score (nSPS) is 10.8. The molecule has 0 saturated heterocycles. The Morgan fingerprint density at radius 3 is 2.64 bits per heavy atom. The number of aromatic amines is 1. The van der Waals surface area contributed by atoms with Crippen LogP contribution in [0, 0.1) is 13.8 Å². The molecule has 1 aromatic carbocycles. The van der Waals surface area contributed by atoms with Crippen LogP contribution in [0.5, 0.6) is 0 Å². The lowest BCUT2D eigenvalue weighted by Gasteiger charge is -2.04. The van der Waals surface area contributed by atoms with Gasteiger partial charge >= 0.3 is 5.97 Å². The SMILES string of the molecule is Cc1ccc(-c2nnc(SCc3ccc(C(=O)O)o3)[nH]c2=O)cc1C. The maximum Gasteiger partial charge on any atom is 0.371 e. The molecule has 0 amide bonds. The monoisotopic (exact) mass is 357 g/mol. The van der Waals surface area contributed by atoms with Gasteiger partial charge in [-0.05, 0) is 43.2 Å². The van der Waals surface area contributed by atoms with Crippen LogP contribution in [0.25, 0.3) is 11.3 Å². The molecule has 0 aliphatic rings. The van der Waals surface area contributed by atoms with Gasteiger partial charge in [0.05, 0.1) is 5.75 Å². The Morgan fingerprint density at radius 1 is 1.20 bits per heavy atom. The van der Waals surface area contributed by atoms with Gasteiger partial charge in [0.25, 0.3) is 5.56 Å². The summed E-state index contributed by atoms with van der Waals surface area (Å²) in [6, 6.07) is 8.63. The van der Waals surface area contributed by atoms with Crippen molar-refractivity contribution in [3.8, 4) is 11.3 Å². The van der Waals surface area contributed by atoms with Crippen LogP contribution >= 0.6 is 11.8 Å². The van der Waals surface area contributed by atoms with Gasteiger partial charge in [-0.25, -0.2) is 4.79 Å². The number of nitrogens with zero attached hydrogens (tertiary/aromatic N) is 2. The lowest BCUT2D eigenvalue weighted by atomic mass is 10.0. The van der Waals surface area contributed by atoms with Crippen LogP contribution in [0.4, 0.5) is 0 Å². The zero-order chi connectivity index (χ0) is 18.0. The number of carboxylic acids is 1. The molecule has 25 heavy (non-hydrogen) atoms. The van der Waals surface area contributed by atoms with Crippen LogP contribution in [0.15, 0.2) is 44.7 Å². The summed E-state index contributed by atoms with van der Waals surface area (Å²) in [6.45, 7) is 3.97. The van der Waals surface area contributed by atoms with Crippen molar-refractivity contribution in [1.29, 1.82) is 0 Å². The van der Waals surface area contributed by atoms with Gasteiger partial charge in [0.2, 0.25) is 5.76 Å². The molecule has 0 fully saturated rings. The molecule has 0 unspecified atom stereocenters. The highest BCUT2D eigenvalue weighted by molar-refractivity contribution is 7.98. The van der Waals surface area contributed by atoms with Crippen LogP contribution in [0.1, 0.15) is 27.4 Å². The summed E-state index contributed by atoms with van der Waals surface area (Å²) in [5.74, 6) is -0.438. The number of hydrogen-bond donors (Lipinski definition) is 2. The minimum atomic E-state index is -1.12. The van der Waals surface area contributed by atoms with Crippen molar-refractivity contribution in [3.63, 3.8) is 0 Å². The molecule has 0 radical (unpaired) electrons. The maximum absolute atomic E-state index is 12.3. The molecule has 0 atom stereocenters. The minimum absolute atomic E-state index is 0.125. The summed E-state index contributed by atoms with van der Waals surface area (Å²) in [5.41, 5.74) is 2.86. The summed E-state index contributed by atoms with van der Waals surface area (Å²) < 4.78 is 5.15. The molecule has 2 aromatic heterocycles. The molecular weight excluding hydrogens is 342 g/mol. The van der Waals surface area contributed by atoms with E-state index in [9.17, 15) is 9.59 Å². The van der Waals surface area contributed by atoms with Gasteiger partial charge in [-0.1, -0.05) is 23.9 Å². The van der Waals surface area contributed by atoms with Gasteiger partial charge in [0.1, 0.15) is 5.76 Å². The van der Waals surface area contributed by atoms with Crippen molar-refractivity contribution in [2.45, 2.75) is 24.8 Å². The lowest BCUT2D eigenvalue weighted by Crippen LogP contribution is -2.14. The number of nitrogens with one attached hydrogen (secondary N) is 1. The Kier molecular flexibility index (Phi) is 4.71. The Morgan fingerprint density at radius 2 is 2.00 bits per heavy atom. The number of carbonyl (C=O) groups is 1. The quantitative estimate of drug-likeness (QED) is 0.675. The van der Waals surface area contributed by atoms with E-state index in [1.165, 1.54) is 17.8 Å². The number of aromatic carboxylic acids is 1. The highest BCUT2D eigenvalue weighted by atomic mass is 32.2. The zero-order valence-corrected chi connectivity index (χ0v) is 14.4. The predicted molar refractivity (Wildman–Crippen MR) is 92.8 cm³/mol. The number of thioether (sulfide) groups is 1. The van der Waals surface area contributed by atoms with E-state index in [-0.39, 0.29) is 17.0 Å². The summed E-state index contributed by atoms with van der Waals surface area (Å²) in [7, 11) is 0. The van der Waals surface area contributed by atoms with Crippen molar-refractivity contribution >= 4 is 17.7 Å². The molecule has 0 aliphatic carbocycles. The molecule has 0 bridgehead atoms. The molecule has 3 aromatic rings. The molecule has 0 spiro atoms. The second-order valence-electron chi connectivity index (χ2n) is 5.47. The average molecular weight is 357 g/mol. The zero-order valence-electron chi connectivity index (χ0n) is 13.6. The van der Waals surface area contributed by atoms with Crippen LogP contribution in [-0.2, 0) is 5.75 Å². The molecule has 128 valence electrons. The topological polar surface area (TPSA) is 109 Å². The van der Waals surface area contributed by atoms with Gasteiger partial charge in [-0.3, -0.25) is 9.78 Å². The highest BCUT2D eigenvalue weighted by Crippen LogP contribution is 2.21. The Bertz CT molecular complexity index is 994. The van der Waals surface area contributed by atoms with Crippen LogP contribution in [-0.4, -0.2) is 26.3 Å². The fourth-order valence-electron chi connectivity index (χ4n) is 2.17. The van der Waals surface area contributed by atoms with E-state index in [0.717, 1.165) is 11.1 Å². The summed E-state index contributed by atoms with van der Waals surface area (Å²) >= 11 is 1.21. The molecule has 2 N–H and O–H groups in total. The Labute approximate surface area is 147 Å². The van der Waals surface area contributed by atoms with Crippen LogP contribution in [0.2, 0.25) is 0 Å². The number of hydrogen-bond acceptors (Lipinski definition) is 6. The first-order chi connectivity index (χ1) is 11.9. The predicted octanol–water partition coefficient (Wildman–Crippen LogP) is 3.03. The molecular formula is C17H15N3O4S. The molecule has 2 heterocycles. The number of furan rings is 1. The van der Waals surface area contributed by atoms with E-state index >= 15 is 0 Å². The van der Waals surface area contributed by atoms with E-state index in [4.69, 9.17) is 9.52 Å². The summed E-state index contributed by atoms with van der Waals surface area (Å²) in [4.78, 5) is 25.7. The fraction of sp³-hybridized carbons (Fsp3) is 0.176. The second-order valence-corrected chi connectivity index (χ2v) is 6.43. The number of H-pyrrole nitrogens is 1. The minimum Gasteiger partial charge on any atom is -0.475 e. The van der Waals surface area contributed by atoms with Gasteiger partial charge in [0, 0.05) is 5.56 Å². The van der Waals surface area contributed by atoms with E-state index in [1.54, 1.807) is 6.07 Å². The van der Waals surface area contributed by atoms with Crippen molar-refractivity contribution in [3.05, 3.63) is 63.3 Å². The Hall–Kier alpha value is -2.87. The molecule has 3 rings (SSSR count). The van der Waals surface area contributed by atoms with Crippen LogP contribution in [0.3, 0.4) is 0 Å². The smallest absolute Gasteiger partial charge is 0.371 e. The highest BCUT2D eigenvalue weighted by Gasteiger charge is 2.12. The van der Waals surface area contributed by atoms with E-state index in [2.05, 4.69) is 15.2 Å². The van der Waals surface area contributed by atoms with Crippen molar-refractivity contribution in [2.24, 2.45) is 0 Å². The first-order valence-corrected chi connectivity index (χ1v) is 8.42. The standard InChI is InChI=1S/C17H15N3O4S/c1-9-3-4-11(7-10(9)2)14-15(21)18-17(20-19-14)25-8-12-5-6-13(24-12)16(22)23/h3-7H,8H2,1-2H3,(H,22,23)(H,18,20,21). The number of rotatable bonds is 5. The van der Waals surface area contributed by atoms with Gasteiger partial charge in [-0.2, -0.15) is 0 Å². The molecule has 7 nitrogen and oxygen atoms in total. The van der Waals surface area contributed by atoms with Gasteiger partial charge in [0.15, 0.2) is 10.9 Å². The lowest BCUT2D eigenvalue weighted by molar-refractivity contribution is 0.0661. The maximum atomic E-state index is 12.3. The summed E-state index contributed by atoms with van der Waals surface area (Å²) in [6.07, 6.45) is 0. The first kappa shape index (κ1) is 17.0. The third kappa shape index (κ3) is 3.80. The van der Waals surface area contributed by atoms with E-state index in [1.807, 2.05) is 32.0 Å². The summed E-state index contributed by atoms with van der Waals surface area (Å²) in [5, 5.41) is 17.2. The van der Waals surface area contributed by atoms with Gasteiger partial charge < -0.3 is 9.52 Å².